The van der Waals surface area contributed by atoms with Gasteiger partial charge in [-0.1, -0.05) is 18.2 Å². The number of carbonyl (C=O) groups excluding carboxylic acids is 1. The van der Waals surface area contributed by atoms with Crippen molar-refractivity contribution in [1.82, 2.24) is 25.0 Å². The number of H-pyrrole nitrogens is 1. The first-order valence-corrected chi connectivity index (χ1v) is 11.0. The van der Waals surface area contributed by atoms with Crippen LogP contribution in [0.1, 0.15) is 24.5 Å². The molecule has 5 heterocycles. The number of phenols is 1. The van der Waals surface area contributed by atoms with Crippen LogP contribution in [-0.4, -0.2) is 68.2 Å². The van der Waals surface area contributed by atoms with E-state index >= 15 is 0 Å². The summed E-state index contributed by atoms with van der Waals surface area (Å²) in [5, 5.41) is 19.6. The number of rotatable bonds is 5. The van der Waals surface area contributed by atoms with Gasteiger partial charge in [-0.2, -0.15) is 0 Å². The van der Waals surface area contributed by atoms with Crippen LogP contribution in [0.5, 0.6) is 5.75 Å². The zero-order valence-corrected chi connectivity index (χ0v) is 17.2. The molecule has 0 atom stereocenters. The number of aromatic nitrogens is 3. The number of likely N-dealkylation sites (tertiary alicyclic amines) is 1. The van der Waals surface area contributed by atoms with Gasteiger partial charge in [0.2, 0.25) is 5.91 Å². The van der Waals surface area contributed by atoms with E-state index < -0.39 is 0 Å². The summed E-state index contributed by atoms with van der Waals surface area (Å²) in [5.41, 5.74) is 3.10. The number of para-hydroxylation sites is 1. The number of hydrogen-bond acceptors (Lipinski definition) is 5. The summed E-state index contributed by atoms with van der Waals surface area (Å²) in [6, 6.07) is 11.9. The van der Waals surface area contributed by atoms with E-state index in [1.165, 1.54) is 19.4 Å². The molecule has 3 saturated heterocycles. The molecule has 4 fully saturated rings. The van der Waals surface area contributed by atoms with Crippen molar-refractivity contribution in [3.8, 4) is 17.0 Å². The summed E-state index contributed by atoms with van der Waals surface area (Å²) in [5.74, 6) is 1.47. The molecule has 158 valence electrons. The van der Waals surface area contributed by atoms with Crippen LogP contribution < -0.4 is 0 Å². The van der Waals surface area contributed by atoms with Crippen LogP contribution in [0.15, 0.2) is 48.6 Å². The first kappa shape index (κ1) is 18.6. The number of hydrogen-bond donors (Lipinski definition) is 2. The van der Waals surface area contributed by atoms with Crippen molar-refractivity contribution in [2.75, 3.05) is 26.2 Å². The summed E-state index contributed by atoms with van der Waals surface area (Å²) in [6.07, 6.45) is 6.45. The number of fused-ring (bicyclic) bond motifs is 2. The second-order valence-corrected chi connectivity index (χ2v) is 9.06. The van der Waals surface area contributed by atoms with Gasteiger partial charge in [-0.15, -0.1) is 10.2 Å². The second-order valence-electron chi connectivity index (χ2n) is 9.06. The minimum atomic E-state index is 0.0977. The smallest absolute Gasteiger partial charge is 0.246 e. The quantitative estimate of drug-likeness (QED) is 0.626. The Balaban J connectivity index is 1.09. The molecular weight excluding hydrogens is 390 g/mol. The Bertz CT molecular complexity index is 1170. The highest BCUT2D eigenvalue weighted by atomic mass is 16.3. The molecule has 4 aliphatic rings. The van der Waals surface area contributed by atoms with E-state index in [4.69, 9.17) is 0 Å². The van der Waals surface area contributed by atoms with Crippen LogP contribution >= 0.6 is 0 Å². The number of phenolic OH excluding ortho intramolecular Hbond substituents is 1. The topological polar surface area (TPSA) is 85.3 Å². The van der Waals surface area contributed by atoms with E-state index in [0.717, 1.165) is 35.2 Å². The zero-order valence-electron chi connectivity index (χ0n) is 17.2. The third-order valence-electron chi connectivity index (χ3n) is 7.03. The Morgan fingerprint density at radius 3 is 2.77 bits per heavy atom. The lowest BCUT2D eigenvalue weighted by molar-refractivity contribution is -0.130. The molecule has 0 radical (unpaired) electrons. The molecule has 1 saturated carbocycles. The fourth-order valence-corrected chi connectivity index (χ4v) is 5.10. The van der Waals surface area contributed by atoms with E-state index in [9.17, 15) is 9.90 Å². The second kappa shape index (κ2) is 7.20. The van der Waals surface area contributed by atoms with Gasteiger partial charge < -0.3 is 15.0 Å². The first-order chi connectivity index (χ1) is 15.1. The Morgan fingerprint density at radius 1 is 1.16 bits per heavy atom. The van der Waals surface area contributed by atoms with Crippen molar-refractivity contribution >= 4 is 16.9 Å². The number of benzene rings is 1. The van der Waals surface area contributed by atoms with Gasteiger partial charge in [-0.3, -0.25) is 9.69 Å². The van der Waals surface area contributed by atoms with Crippen molar-refractivity contribution in [3.05, 3.63) is 54.2 Å². The highest BCUT2D eigenvalue weighted by Gasteiger charge is 2.41. The maximum Gasteiger partial charge on any atom is 0.246 e. The molecule has 3 aromatic rings. The van der Waals surface area contributed by atoms with Gasteiger partial charge in [0.1, 0.15) is 5.75 Å². The molecule has 7 heteroatoms. The van der Waals surface area contributed by atoms with E-state index in [-0.39, 0.29) is 17.6 Å². The molecule has 1 aliphatic carbocycles. The standard InChI is InChI=1S/C24H25N5O2/c30-22-5-2-1-4-19(22)21-11-16-10-20(25-24(16)27-26-21)17-13-29(14-17)23(31)6-3-7-28-12-15-8-18(28)9-15/h1-6,10-11,15,17-18,30H,7-9,12-14H2,(H,25,27)/b6-3+. The average Bonchev–Trinajstić information content (AvgIpc) is 3.39. The minimum Gasteiger partial charge on any atom is -0.507 e. The summed E-state index contributed by atoms with van der Waals surface area (Å²) in [4.78, 5) is 20.2. The predicted octanol–water partition coefficient (Wildman–Crippen LogP) is 2.91. The van der Waals surface area contributed by atoms with Gasteiger partial charge in [-0.25, -0.2) is 0 Å². The lowest BCUT2D eigenvalue weighted by Gasteiger charge is -2.38. The highest BCUT2D eigenvalue weighted by Crippen LogP contribution is 2.40. The molecule has 0 unspecified atom stereocenters. The van der Waals surface area contributed by atoms with E-state index in [1.807, 2.05) is 29.2 Å². The molecule has 2 aromatic heterocycles. The normalized spacial score (nSPS) is 23.4. The van der Waals surface area contributed by atoms with Crippen LogP contribution in [0.4, 0.5) is 0 Å². The van der Waals surface area contributed by atoms with Crippen molar-refractivity contribution in [1.29, 1.82) is 0 Å². The molecule has 2 bridgehead atoms. The molecule has 3 aliphatic heterocycles. The van der Waals surface area contributed by atoms with Gasteiger partial charge in [0.15, 0.2) is 5.65 Å². The summed E-state index contributed by atoms with van der Waals surface area (Å²) >= 11 is 0. The molecule has 7 rings (SSSR count). The van der Waals surface area contributed by atoms with E-state index in [0.29, 0.717) is 24.3 Å². The minimum absolute atomic E-state index is 0.0977. The number of carbonyl (C=O) groups is 1. The van der Waals surface area contributed by atoms with E-state index in [1.54, 1.807) is 18.2 Å². The van der Waals surface area contributed by atoms with Crippen LogP contribution in [0.2, 0.25) is 0 Å². The average molecular weight is 415 g/mol. The fraction of sp³-hybridized carbons (Fsp3) is 0.375. The Labute approximate surface area is 180 Å². The lowest BCUT2D eigenvalue weighted by atomic mass is 9.86. The Kier molecular flexibility index (Phi) is 4.31. The molecule has 31 heavy (non-hydrogen) atoms. The van der Waals surface area contributed by atoms with Crippen LogP contribution in [-0.2, 0) is 4.79 Å². The molecule has 1 aromatic carbocycles. The van der Waals surface area contributed by atoms with Gasteiger partial charge in [0, 0.05) is 60.9 Å². The molecule has 7 nitrogen and oxygen atoms in total. The van der Waals surface area contributed by atoms with Crippen molar-refractivity contribution in [2.24, 2.45) is 5.92 Å². The van der Waals surface area contributed by atoms with Crippen LogP contribution in [0.25, 0.3) is 22.3 Å². The highest BCUT2D eigenvalue weighted by molar-refractivity contribution is 5.88. The maximum absolute atomic E-state index is 12.4. The van der Waals surface area contributed by atoms with Crippen molar-refractivity contribution < 1.29 is 9.90 Å². The maximum atomic E-state index is 12.4. The predicted molar refractivity (Wildman–Crippen MR) is 118 cm³/mol. The van der Waals surface area contributed by atoms with E-state index in [2.05, 4.69) is 26.1 Å². The molecule has 0 spiro atoms. The van der Waals surface area contributed by atoms with Gasteiger partial charge in [0.25, 0.3) is 0 Å². The largest absolute Gasteiger partial charge is 0.507 e. The van der Waals surface area contributed by atoms with Gasteiger partial charge in [-0.05, 0) is 43.0 Å². The molecular formula is C24H25N5O2. The summed E-state index contributed by atoms with van der Waals surface area (Å²) in [7, 11) is 0. The summed E-state index contributed by atoms with van der Waals surface area (Å²) < 4.78 is 0. The number of aromatic hydroxyl groups is 1. The van der Waals surface area contributed by atoms with Gasteiger partial charge in [0.05, 0.1) is 5.69 Å². The van der Waals surface area contributed by atoms with Crippen LogP contribution in [0, 0.1) is 5.92 Å². The monoisotopic (exact) mass is 415 g/mol. The molecule has 2 N–H and O–H groups in total. The third-order valence-corrected chi connectivity index (χ3v) is 7.03. The van der Waals surface area contributed by atoms with Crippen LogP contribution in [0.3, 0.4) is 0 Å². The lowest BCUT2D eigenvalue weighted by Crippen LogP contribution is -2.48. The number of amides is 1. The van der Waals surface area contributed by atoms with Crippen molar-refractivity contribution in [3.63, 3.8) is 0 Å². The SMILES string of the molecule is O=C(/C=C/CN1CC2CC1C2)N1CC(c2cc3cc(-c4ccccc4O)nnc3[nH]2)C1. The first-order valence-electron chi connectivity index (χ1n) is 11.0. The summed E-state index contributed by atoms with van der Waals surface area (Å²) in [6.45, 7) is 3.52. The van der Waals surface area contributed by atoms with Gasteiger partial charge >= 0.3 is 0 Å². The number of nitrogens with zero attached hydrogens (tertiary/aromatic N) is 4. The Morgan fingerprint density at radius 2 is 2.00 bits per heavy atom. The Hall–Kier alpha value is -3.19. The van der Waals surface area contributed by atoms with Crippen molar-refractivity contribution in [2.45, 2.75) is 24.8 Å². The number of aromatic amines is 1. The zero-order chi connectivity index (χ0) is 20.9. The number of nitrogens with one attached hydrogen (secondary N) is 1. The fourth-order valence-electron chi connectivity index (χ4n) is 5.10. The third kappa shape index (κ3) is 3.29. The molecule has 1 amide bonds.